The molecule has 7 nitrogen and oxygen atoms in total. The molecule has 138 valence electrons. The van der Waals surface area contributed by atoms with Gasteiger partial charge in [0.2, 0.25) is 0 Å². The number of piperidine rings is 1. The first kappa shape index (κ1) is 18.0. The predicted molar refractivity (Wildman–Crippen MR) is 95.6 cm³/mol. The van der Waals surface area contributed by atoms with E-state index in [1.807, 2.05) is 24.3 Å². The van der Waals surface area contributed by atoms with Gasteiger partial charge in [0, 0.05) is 13.1 Å². The normalized spacial score (nSPS) is 17.5. The lowest BCUT2D eigenvalue weighted by atomic mass is 9.98. The number of aromatic nitrogens is 2. The van der Waals surface area contributed by atoms with Gasteiger partial charge in [-0.05, 0) is 36.5 Å². The summed E-state index contributed by atoms with van der Waals surface area (Å²) in [6.07, 6.45) is 2.58. The van der Waals surface area contributed by atoms with Crippen molar-refractivity contribution in [3.63, 3.8) is 0 Å². The zero-order valence-corrected chi connectivity index (χ0v) is 14.9. The summed E-state index contributed by atoms with van der Waals surface area (Å²) in [4.78, 5) is 25.3. The van der Waals surface area contributed by atoms with Gasteiger partial charge in [0.05, 0.1) is 17.8 Å². The van der Waals surface area contributed by atoms with Crippen LogP contribution in [-0.4, -0.2) is 49.9 Å². The zero-order chi connectivity index (χ0) is 18.8. The summed E-state index contributed by atoms with van der Waals surface area (Å²) in [5.41, 5.74) is 1.88. The van der Waals surface area contributed by atoms with Gasteiger partial charge in [-0.3, -0.25) is 9.59 Å². The highest BCUT2D eigenvalue weighted by atomic mass is 16.4. The third kappa shape index (κ3) is 3.56. The molecule has 0 radical (unpaired) electrons. The molecule has 1 fully saturated rings. The molecule has 2 aromatic rings. The van der Waals surface area contributed by atoms with E-state index in [9.17, 15) is 14.7 Å². The molecule has 1 saturated heterocycles. The van der Waals surface area contributed by atoms with Crippen molar-refractivity contribution in [2.24, 2.45) is 5.92 Å². The maximum Gasteiger partial charge on any atom is 0.308 e. The van der Waals surface area contributed by atoms with Gasteiger partial charge in [0.15, 0.2) is 11.4 Å². The lowest BCUT2D eigenvalue weighted by molar-refractivity contribution is -0.143. The van der Waals surface area contributed by atoms with Crippen LogP contribution in [0.25, 0.3) is 5.69 Å². The van der Waals surface area contributed by atoms with Crippen molar-refractivity contribution in [3.8, 4) is 11.4 Å². The lowest BCUT2D eigenvalue weighted by Crippen LogP contribution is -2.42. The molecule has 1 unspecified atom stereocenters. The van der Waals surface area contributed by atoms with Gasteiger partial charge in [-0.15, -0.1) is 0 Å². The second-order valence-electron chi connectivity index (χ2n) is 6.98. The van der Waals surface area contributed by atoms with Crippen LogP contribution in [0, 0.1) is 5.92 Å². The Morgan fingerprint density at radius 2 is 1.92 bits per heavy atom. The summed E-state index contributed by atoms with van der Waals surface area (Å²) in [7, 11) is 0. The molecule has 0 saturated carbocycles. The van der Waals surface area contributed by atoms with E-state index < -0.39 is 17.8 Å². The second-order valence-corrected chi connectivity index (χ2v) is 6.98. The highest BCUT2D eigenvalue weighted by Gasteiger charge is 2.31. The first-order chi connectivity index (χ1) is 12.4. The summed E-state index contributed by atoms with van der Waals surface area (Å²) < 4.78 is 1.46. The van der Waals surface area contributed by atoms with E-state index in [4.69, 9.17) is 5.11 Å². The summed E-state index contributed by atoms with van der Waals surface area (Å²) >= 11 is 0. The Morgan fingerprint density at radius 3 is 2.54 bits per heavy atom. The number of aliphatic carboxylic acids is 1. The first-order valence-electron chi connectivity index (χ1n) is 8.78. The summed E-state index contributed by atoms with van der Waals surface area (Å²) in [5, 5.41) is 23.6. The van der Waals surface area contributed by atoms with E-state index in [0.29, 0.717) is 25.3 Å². The Kier molecular flexibility index (Phi) is 4.97. The van der Waals surface area contributed by atoms with Gasteiger partial charge in [0.25, 0.3) is 5.91 Å². The standard InChI is InChI=1S/C19H23N3O4/c1-12(2)13-5-7-15(8-6-13)22-11-16(23)17(20-22)18(24)21-9-3-4-14(10-21)19(25)26/h5-8,11-12,14,23H,3-4,9-10H2,1-2H3,(H,25,26). The van der Waals surface area contributed by atoms with Gasteiger partial charge >= 0.3 is 5.97 Å². The number of amides is 1. The minimum Gasteiger partial charge on any atom is -0.504 e. The van der Waals surface area contributed by atoms with E-state index in [1.165, 1.54) is 21.3 Å². The Bertz CT molecular complexity index is 811. The van der Waals surface area contributed by atoms with Crippen LogP contribution in [0.5, 0.6) is 5.75 Å². The Morgan fingerprint density at radius 1 is 1.23 bits per heavy atom. The number of carbonyl (C=O) groups excluding carboxylic acids is 1. The molecular formula is C19H23N3O4. The SMILES string of the molecule is CC(C)c1ccc(-n2cc(O)c(C(=O)N3CCCC(C(=O)O)C3)n2)cc1. The number of aromatic hydroxyl groups is 1. The number of carboxylic acids is 1. The summed E-state index contributed by atoms with van der Waals surface area (Å²) in [5.74, 6) is -1.71. The molecule has 1 aromatic heterocycles. The van der Waals surface area contributed by atoms with Crippen molar-refractivity contribution in [3.05, 3.63) is 41.7 Å². The summed E-state index contributed by atoms with van der Waals surface area (Å²) in [6, 6.07) is 7.75. The van der Waals surface area contributed by atoms with E-state index >= 15 is 0 Å². The first-order valence-corrected chi connectivity index (χ1v) is 8.78. The average molecular weight is 357 g/mol. The average Bonchev–Trinajstić information content (AvgIpc) is 3.03. The molecule has 2 N–H and O–H groups in total. The lowest BCUT2D eigenvalue weighted by Gasteiger charge is -2.30. The van der Waals surface area contributed by atoms with Crippen LogP contribution in [-0.2, 0) is 4.79 Å². The third-order valence-corrected chi connectivity index (χ3v) is 4.78. The minimum absolute atomic E-state index is 0.0519. The van der Waals surface area contributed by atoms with Gasteiger partial charge in [-0.1, -0.05) is 26.0 Å². The Balaban J connectivity index is 1.81. The minimum atomic E-state index is -0.900. The van der Waals surface area contributed by atoms with Gasteiger partial charge in [0.1, 0.15) is 0 Å². The molecule has 0 spiro atoms. The number of nitrogens with zero attached hydrogens (tertiary/aromatic N) is 3. The monoisotopic (exact) mass is 357 g/mol. The fourth-order valence-electron chi connectivity index (χ4n) is 3.17. The van der Waals surface area contributed by atoms with Crippen LogP contribution >= 0.6 is 0 Å². The Labute approximate surface area is 151 Å². The van der Waals surface area contributed by atoms with E-state index in [0.717, 1.165) is 5.69 Å². The number of hydrogen-bond acceptors (Lipinski definition) is 4. The van der Waals surface area contributed by atoms with Gasteiger partial charge < -0.3 is 15.1 Å². The van der Waals surface area contributed by atoms with E-state index in [-0.39, 0.29) is 18.0 Å². The zero-order valence-electron chi connectivity index (χ0n) is 14.9. The predicted octanol–water partition coefficient (Wildman–Crippen LogP) is 2.64. The molecular weight excluding hydrogens is 334 g/mol. The van der Waals surface area contributed by atoms with Crippen LogP contribution in [0.3, 0.4) is 0 Å². The molecule has 0 aliphatic carbocycles. The van der Waals surface area contributed by atoms with Crippen molar-refractivity contribution in [1.82, 2.24) is 14.7 Å². The van der Waals surface area contributed by atoms with Gasteiger partial charge in [-0.25, -0.2) is 4.68 Å². The van der Waals surface area contributed by atoms with E-state index in [2.05, 4.69) is 18.9 Å². The second kappa shape index (κ2) is 7.19. The number of carbonyl (C=O) groups is 2. The molecule has 7 heteroatoms. The number of hydrogen-bond donors (Lipinski definition) is 2. The van der Waals surface area contributed by atoms with Crippen molar-refractivity contribution < 1.29 is 19.8 Å². The van der Waals surface area contributed by atoms with Crippen molar-refractivity contribution in [2.45, 2.75) is 32.6 Å². The Hall–Kier alpha value is -2.83. The van der Waals surface area contributed by atoms with Crippen molar-refractivity contribution in [1.29, 1.82) is 0 Å². The molecule has 1 amide bonds. The van der Waals surface area contributed by atoms with E-state index in [1.54, 1.807) is 0 Å². The van der Waals surface area contributed by atoms with Crippen LogP contribution in [0.2, 0.25) is 0 Å². The fraction of sp³-hybridized carbons (Fsp3) is 0.421. The number of benzene rings is 1. The van der Waals surface area contributed by atoms with Gasteiger partial charge in [-0.2, -0.15) is 5.10 Å². The maximum absolute atomic E-state index is 12.7. The molecule has 1 atom stereocenters. The molecule has 1 aromatic carbocycles. The number of rotatable bonds is 4. The van der Waals surface area contributed by atoms with Crippen molar-refractivity contribution >= 4 is 11.9 Å². The highest BCUT2D eigenvalue weighted by Crippen LogP contribution is 2.24. The van der Waals surface area contributed by atoms with Crippen LogP contribution < -0.4 is 0 Å². The van der Waals surface area contributed by atoms with Crippen LogP contribution in [0.15, 0.2) is 30.5 Å². The highest BCUT2D eigenvalue weighted by molar-refractivity contribution is 5.95. The number of carboxylic acid groups (broad SMARTS) is 1. The molecule has 0 bridgehead atoms. The smallest absolute Gasteiger partial charge is 0.308 e. The largest absolute Gasteiger partial charge is 0.504 e. The maximum atomic E-state index is 12.7. The fourth-order valence-corrected chi connectivity index (χ4v) is 3.17. The van der Waals surface area contributed by atoms with Crippen LogP contribution in [0.1, 0.15) is 48.7 Å². The van der Waals surface area contributed by atoms with Crippen molar-refractivity contribution in [2.75, 3.05) is 13.1 Å². The molecule has 1 aliphatic rings. The number of likely N-dealkylation sites (tertiary alicyclic amines) is 1. The molecule has 26 heavy (non-hydrogen) atoms. The topological polar surface area (TPSA) is 95.7 Å². The quantitative estimate of drug-likeness (QED) is 0.877. The molecule has 3 rings (SSSR count). The summed E-state index contributed by atoms with van der Waals surface area (Å²) in [6.45, 7) is 4.82. The molecule has 1 aliphatic heterocycles. The third-order valence-electron chi connectivity index (χ3n) is 4.78. The molecule has 2 heterocycles. The van der Waals surface area contributed by atoms with Crippen LogP contribution in [0.4, 0.5) is 0 Å².